The van der Waals surface area contributed by atoms with E-state index in [1.54, 1.807) is 6.07 Å². The molecule has 1 aliphatic carbocycles. The standard InChI is InChI=1S/C19H19NO2/c21-19(22)13-10-11-18-16(12-13)15-8-4-5-9-17(15)20(18)14-6-2-1-3-7-14/h4-5,8-12,14H,1-3,6-7H2,(H,21,22). The quantitative estimate of drug-likeness (QED) is 0.722. The number of fused-ring (bicyclic) bond motifs is 3. The van der Waals surface area contributed by atoms with Crippen LogP contribution in [0.3, 0.4) is 0 Å². The Morgan fingerprint density at radius 2 is 1.68 bits per heavy atom. The van der Waals surface area contributed by atoms with Gasteiger partial charge in [0.1, 0.15) is 0 Å². The van der Waals surface area contributed by atoms with E-state index < -0.39 is 5.97 Å². The van der Waals surface area contributed by atoms with Gasteiger partial charge in [-0.1, -0.05) is 37.5 Å². The van der Waals surface area contributed by atoms with Gasteiger partial charge in [0.25, 0.3) is 0 Å². The first-order valence-electron chi connectivity index (χ1n) is 8.02. The van der Waals surface area contributed by atoms with Crippen LogP contribution in [0, 0.1) is 0 Å². The molecule has 0 bridgehead atoms. The normalized spacial score (nSPS) is 16.4. The predicted molar refractivity (Wildman–Crippen MR) is 88.5 cm³/mol. The summed E-state index contributed by atoms with van der Waals surface area (Å²) < 4.78 is 2.44. The third-order valence-corrected chi connectivity index (χ3v) is 4.90. The lowest BCUT2D eigenvalue weighted by molar-refractivity contribution is 0.0697. The van der Waals surface area contributed by atoms with Crippen LogP contribution in [-0.4, -0.2) is 15.6 Å². The highest BCUT2D eigenvalue weighted by Crippen LogP contribution is 2.37. The lowest BCUT2D eigenvalue weighted by Crippen LogP contribution is -2.12. The Kier molecular flexibility index (Phi) is 3.14. The van der Waals surface area contributed by atoms with Gasteiger partial charge in [0.2, 0.25) is 0 Å². The van der Waals surface area contributed by atoms with E-state index in [2.05, 4.69) is 22.8 Å². The summed E-state index contributed by atoms with van der Waals surface area (Å²) in [7, 11) is 0. The van der Waals surface area contributed by atoms with Gasteiger partial charge in [-0.05, 0) is 37.1 Å². The van der Waals surface area contributed by atoms with Crippen molar-refractivity contribution in [3.05, 3.63) is 48.0 Å². The molecule has 0 unspecified atom stereocenters. The molecule has 1 aromatic heterocycles. The molecule has 3 nitrogen and oxygen atoms in total. The van der Waals surface area contributed by atoms with Gasteiger partial charge < -0.3 is 9.67 Å². The zero-order valence-corrected chi connectivity index (χ0v) is 12.5. The molecule has 1 N–H and O–H groups in total. The molecule has 0 saturated heterocycles. The van der Waals surface area contributed by atoms with Crippen molar-refractivity contribution in [3.8, 4) is 0 Å². The molecule has 0 amide bonds. The molecule has 112 valence electrons. The van der Waals surface area contributed by atoms with Crippen LogP contribution in [0.5, 0.6) is 0 Å². The van der Waals surface area contributed by atoms with E-state index >= 15 is 0 Å². The minimum atomic E-state index is -0.864. The molecule has 3 heteroatoms. The molecule has 3 aromatic rings. The molecule has 2 aromatic carbocycles. The molecular weight excluding hydrogens is 274 g/mol. The summed E-state index contributed by atoms with van der Waals surface area (Å²) >= 11 is 0. The van der Waals surface area contributed by atoms with Crippen molar-refractivity contribution in [2.45, 2.75) is 38.1 Å². The number of hydrogen-bond donors (Lipinski definition) is 1. The Morgan fingerprint density at radius 1 is 0.955 bits per heavy atom. The van der Waals surface area contributed by atoms with Crippen LogP contribution in [0.2, 0.25) is 0 Å². The minimum Gasteiger partial charge on any atom is -0.478 e. The molecule has 0 atom stereocenters. The highest BCUT2D eigenvalue weighted by atomic mass is 16.4. The lowest BCUT2D eigenvalue weighted by Gasteiger charge is -2.25. The van der Waals surface area contributed by atoms with E-state index in [4.69, 9.17) is 0 Å². The number of para-hydroxylation sites is 1. The smallest absolute Gasteiger partial charge is 0.335 e. The van der Waals surface area contributed by atoms with Crippen LogP contribution in [0.15, 0.2) is 42.5 Å². The van der Waals surface area contributed by atoms with Crippen LogP contribution in [-0.2, 0) is 0 Å². The Labute approximate surface area is 129 Å². The Bertz CT molecular complexity index is 856. The first-order chi connectivity index (χ1) is 10.8. The minimum absolute atomic E-state index is 0.360. The molecule has 1 heterocycles. The van der Waals surface area contributed by atoms with Gasteiger partial charge >= 0.3 is 5.97 Å². The number of aromatic nitrogens is 1. The average molecular weight is 293 g/mol. The average Bonchev–Trinajstić information content (AvgIpc) is 2.89. The van der Waals surface area contributed by atoms with Crippen LogP contribution < -0.4 is 0 Å². The maximum absolute atomic E-state index is 11.3. The molecular formula is C19H19NO2. The fourth-order valence-corrected chi connectivity index (χ4v) is 3.87. The molecule has 4 rings (SSSR count). The molecule has 0 radical (unpaired) electrons. The Morgan fingerprint density at radius 3 is 2.45 bits per heavy atom. The number of carbonyl (C=O) groups is 1. The summed E-state index contributed by atoms with van der Waals surface area (Å²) in [6, 6.07) is 14.4. The highest BCUT2D eigenvalue weighted by Gasteiger charge is 2.21. The second kappa shape index (κ2) is 5.16. The van der Waals surface area contributed by atoms with Gasteiger partial charge in [-0.15, -0.1) is 0 Å². The number of benzene rings is 2. The highest BCUT2D eigenvalue weighted by molar-refractivity contribution is 6.10. The first-order valence-corrected chi connectivity index (χ1v) is 8.02. The lowest BCUT2D eigenvalue weighted by atomic mass is 9.95. The van der Waals surface area contributed by atoms with Crippen LogP contribution in [0.1, 0.15) is 48.5 Å². The van der Waals surface area contributed by atoms with E-state index in [1.807, 2.05) is 18.2 Å². The third kappa shape index (κ3) is 2.00. The maximum Gasteiger partial charge on any atom is 0.335 e. The zero-order chi connectivity index (χ0) is 15.1. The number of rotatable bonds is 2. The molecule has 22 heavy (non-hydrogen) atoms. The number of nitrogens with zero attached hydrogens (tertiary/aromatic N) is 1. The monoisotopic (exact) mass is 293 g/mol. The van der Waals surface area contributed by atoms with Gasteiger partial charge in [0.05, 0.1) is 5.56 Å². The van der Waals surface area contributed by atoms with Crippen molar-refractivity contribution in [1.29, 1.82) is 0 Å². The molecule has 1 fully saturated rings. The topological polar surface area (TPSA) is 42.2 Å². The van der Waals surface area contributed by atoms with Gasteiger partial charge in [-0.2, -0.15) is 0 Å². The van der Waals surface area contributed by atoms with E-state index in [0.29, 0.717) is 11.6 Å². The first kappa shape index (κ1) is 13.4. The SMILES string of the molecule is O=C(O)c1ccc2c(c1)c1ccccc1n2C1CCCCC1. The van der Waals surface area contributed by atoms with Crippen LogP contribution >= 0.6 is 0 Å². The van der Waals surface area contributed by atoms with E-state index in [-0.39, 0.29) is 0 Å². The number of carboxylic acids is 1. The van der Waals surface area contributed by atoms with E-state index in [1.165, 1.54) is 37.6 Å². The van der Waals surface area contributed by atoms with E-state index in [9.17, 15) is 9.90 Å². The Hall–Kier alpha value is -2.29. The Balaban J connectivity index is 2.02. The third-order valence-electron chi connectivity index (χ3n) is 4.90. The van der Waals surface area contributed by atoms with Gasteiger partial charge in [-0.3, -0.25) is 0 Å². The molecule has 0 spiro atoms. The second-order valence-corrected chi connectivity index (χ2v) is 6.22. The summed E-state index contributed by atoms with van der Waals surface area (Å²) in [5.41, 5.74) is 2.75. The molecule has 1 aliphatic rings. The van der Waals surface area contributed by atoms with Gasteiger partial charge in [0.15, 0.2) is 0 Å². The van der Waals surface area contributed by atoms with Crippen molar-refractivity contribution in [1.82, 2.24) is 4.57 Å². The van der Waals surface area contributed by atoms with Gasteiger partial charge in [0, 0.05) is 27.8 Å². The summed E-state index contributed by atoms with van der Waals surface area (Å²) in [4.78, 5) is 11.3. The van der Waals surface area contributed by atoms with Crippen LogP contribution in [0.4, 0.5) is 0 Å². The number of hydrogen-bond acceptors (Lipinski definition) is 1. The second-order valence-electron chi connectivity index (χ2n) is 6.22. The summed E-state index contributed by atoms with van der Waals surface area (Å²) in [6.07, 6.45) is 6.33. The maximum atomic E-state index is 11.3. The molecule has 0 aliphatic heterocycles. The molecule has 1 saturated carbocycles. The summed E-state index contributed by atoms with van der Waals surface area (Å²) in [6.45, 7) is 0. The largest absolute Gasteiger partial charge is 0.478 e. The zero-order valence-electron chi connectivity index (χ0n) is 12.5. The van der Waals surface area contributed by atoms with Crippen molar-refractivity contribution in [2.75, 3.05) is 0 Å². The fraction of sp³-hybridized carbons (Fsp3) is 0.316. The number of aromatic carboxylic acids is 1. The summed E-state index contributed by atoms with van der Waals surface area (Å²) in [5.74, 6) is -0.864. The predicted octanol–water partition coefficient (Wildman–Crippen LogP) is 5.00. The van der Waals surface area contributed by atoms with Crippen molar-refractivity contribution in [3.63, 3.8) is 0 Å². The fourth-order valence-electron chi connectivity index (χ4n) is 3.87. The van der Waals surface area contributed by atoms with Crippen molar-refractivity contribution in [2.24, 2.45) is 0 Å². The van der Waals surface area contributed by atoms with Gasteiger partial charge in [-0.25, -0.2) is 4.79 Å². The van der Waals surface area contributed by atoms with Crippen molar-refractivity contribution >= 4 is 27.8 Å². The summed E-state index contributed by atoms with van der Waals surface area (Å²) in [5, 5.41) is 11.5. The van der Waals surface area contributed by atoms with Crippen LogP contribution in [0.25, 0.3) is 21.8 Å². The number of carboxylic acid groups (broad SMARTS) is 1. The van der Waals surface area contributed by atoms with Crippen molar-refractivity contribution < 1.29 is 9.90 Å². The van der Waals surface area contributed by atoms with E-state index in [0.717, 1.165) is 16.3 Å².